The van der Waals surface area contributed by atoms with E-state index in [-0.39, 0.29) is 0 Å². The van der Waals surface area contributed by atoms with Crippen LogP contribution in [-0.4, -0.2) is 16.8 Å². The molecule has 0 saturated carbocycles. The van der Waals surface area contributed by atoms with Crippen LogP contribution in [0.2, 0.25) is 0 Å². The van der Waals surface area contributed by atoms with Gasteiger partial charge in [-0.05, 0) is 37.0 Å². The highest BCUT2D eigenvalue weighted by Gasteiger charge is 1.99. The van der Waals surface area contributed by atoms with Crippen molar-refractivity contribution in [3.8, 4) is 5.75 Å². The maximum atomic E-state index is 5.69. The van der Waals surface area contributed by atoms with Gasteiger partial charge in [-0.1, -0.05) is 13.8 Å². The van der Waals surface area contributed by atoms with Crippen molar-refractivity contribution in [2.75, 3.05) is 6.61 Å². The highest BCUT2D eigenvalue weighted by atomic mass is 16.5. The van der Waals surface area contributed by atoms with Crippen molar-refractivity contribution in [1.82, 2.24) is 10.2 Å². The van der Waals surface area contributed by atoms with Crippen LogP contribution in [-0.2, 0) is 0 Å². The second kappa shape index (κ2) is 5.01. The third-order valence-electron chi connectivity index (χ3n) is 2.61. The summed E-state index contributed by atoms with van der Waals surface area (Å²) in [5.74, 6) is 1.68. The largest absolute Gasteiger partial charge is 0.494 e. The Kier molecular flexibility index (Phi) is 3.44. The van der Waals surface area contributed by atoms with E-state index >= 15 is 0 Å². The quantitative estimate of drug-likeness (QED) is 0.781. The zero-order chi connectivity index (χ0) is 11.4. The summed E-state index contributed by atoms with van der Waals surface area (Å²) in [4.78, 5) is 0. The van der Waals surface area contributed by atoms with Crippen LogP contribution in [0.3, 0.4) is 0 Å². The Balaban J connectivity index is 1.89. The smallest absolute Gasteiger partial charge is 0.120 e. The van der Waals surface area contributed by atoms with E-state index in [1.807, 2.05) is 24.4 Å². The summed E-state index contributed by atoms with van der Waals surface area (Å²) in [6.45, 7) is 5.26. The number of aromatic nitrogens is 2. The number of aromatic amines is 1. The van der Waals surface area contributed by atoms with E-state index in [0.29, 0.717) is 0 Å². The van der Waals surface area contributed by atoms with Crippen molar-refractivity contribution < 1.29 is 4.74 Å². The van der Waals surface area contributed by atoms with Gasteiger partial charge in [-0.2, -0.15) is 5.10 Å². The van der Waals surface area contributed by atoms with Crippen LogP contribution in [0, 0.1) is 5.92 Å². The van der Waals surface area contributed by atoms with E-state index < -0.39 is 0 Å². The lowest BCUT2D eigenvalue weighted by atomic mass is 10.1. The van der Waals surface area contributed by atoms with Crippen molar-refractivity contribution in [2.24, 2.45) is 5.92 Å². The van der Waals surface area contributed by atoms with Crippen molar-refractivity contribution in [1.29, 1.82) is 0 Å². The molecule has 1 aromatic carbocycles. The molecule has 3 nitrogen and oxygen atoms in total. The minimum Gasteiger partial charge on any atom is -0.494 e. The molecule has 0 fully saturated rings. The molecule has 0 saturated heterocycles. The molecule has 0 amide bonds. The Morgan fingerprint density at radius 2 is 2.25 bits per heavy atom. The fourth-order valence-electron chi connectivity index (χ4n) is 1.69. The molecular formula is C13H18N2O. The van der Waals surface area contributed by atoms with Crippen LogP contribution in [0.15, 0.2) is 24.4 Å². The molecule has 86 valence electrons. The van der Waals surface area contributed by atoms with E-state index in [9.17, 15) is 0 Å². The Morgan fingerprint density at radius 3 is 3.06 bits per heavy atom. The number of fused-ring (bicyclic) bond motifs is 1. The number of ether oxygens (including phenoxy) is 1. The molecule has 0 bridgehead atoms. The predicted molar refractivity (Wildman–Crippen MR) is 65.7 cm³/mol. The van der Waals surface area contributed by atoms with Crippen molar-refractivity contribution in [3.63, 3.8) is 0 Å². The average Bonchev–Trinajstić information content (AvgIpc) is 2.71. The fraction of sp³-hybridized carbons (Fsp3) is 0.462. The Labute approximate surface area is 95.8 Å². The second-order valence-corrected chi connectivity index (χ2v) is 4.50. The third-order valence-corrected chi connectivity index (χ3v) is 2.61. The van der Waals surface area contributed by atoms with Gasteiger partial charge in [-0.25, -0.2) is 0 Å². The van der Waals surface area contributed by atoms with Gasteiger partial charge in [0, 0.05) is 5.39 Å². The number of hydrogen-bond donors (Lipinski definition) is 1. The number of hydrogen-bond acceptors (Lipinski definition) is 2. The van der Waals surface area contributed by atoms with Crippen LogP contribution >= 0.6 is 0 Å². The highest BCUT2D eigenvalue weighted by Crippen LogP contribution is 2.19. The minimum atomic E-state index is 0.750. The van der Waals surface area contributed by atoms with Crippen molar-refractivity contribution >= 4 is 10.9 Å². The van der Waals surface area contributed by atoms with Gasteiger partial charge in [0.05, 0.1) is 18.3 Å². The van der Waals surface area contributed by atoms with Crippen LogP contribution < -0.4 is 4.74 Å². The zero-order valence-corrected chi connectivity index (χ0v) is 9.86. The number of H-pyrrole nitrogens is 1. The Morgan fingerprint density at radius 1 is 1.38 bits per heavy atom. The lowest BCUT2D eigenvalue weighted by Gasteiger charge is -2.07. The first-order chi connectivity index (χ1) is 7.75. The number of rotatable bonds is 5. The van der Waals surface area contributed by atoms with E-state index in [1.165, 1.54) is 6.42 Å². The van der Waals surface area contributed by atoms with Gasteiger partial charge in [-0.15, -0.1) is 0 Å². The Hall–Kier alpha value is -1.51. The molecule has 1 N–H and O–H groups in total. The van der Waals surface area contributed by atoms with Gasteiger partial charge in [-0.3, -0.25) is 5.10 Å². The normalized spacial score (nSPS) is 11.2. The van der Waals surface area contributed by atoms with Gasteiger partial charge in [0.15, 0.2) is 0 Å². The van der Waals surface area contributed by atoms with Crippen molar-refractivity contribution in [3.05, 3.63) is 24.4 Å². The minimum absolute atomic E-state index is 0.750. The predicted octanol–water partition coefficient (Wildman–Crippen LogP) is 3.38. The van der Waals surface area contributed by atoms with Crippen LogP contribution in [0.1, 0.15) is 26.7 Å². The molecule has 0 aliphatic heterocycles. The first-order valence-electron chi connectivity index (χ1n) is 5.81. The first-order valence-corrected chi connectivity index (χ1v) is 5.81. The van der Waals surface area contributed by atoms with Gasteiger partial charge in [0.25, 0.3) is 0 Å². The molecule has 0 unspecified atom stereocenters. The molecule has 0 atom stereocenters. The standard InChI is InChI=1S/C13H18N2O/c1-10(2)4-3-7-16-12-5-6-13-11(8-12)9-14-15-13/h5-6,8-10H,3-4,7H2,1-2H3,(H,14,15). The summed E-state index contributed by atoms with van der Waals surface area (Å²) in [7, 11) is 0. The molecule has 1 heterocycles. The van der Waals surface area contributed by atoms with Crippen LogP contribution in [0.25, 0.3) is 10.9 Å². The third kappa shape index (κ3) is 2.75. The molecule has 0 spiro atoms. The molecular weight excluding hydrogens is 200 g/mol. The molecule has 0 aliphatic rings. The molecule has 1 aromatic heterocycles. The first kappa shape index (κ1) is 11.0. The summed E-state index contributed by atoms with van der Waals surface area (Å²) in [6.07, 6.45) is 4.14. The maximum Gasteiger partial charge on any atom is 0.120 e. The van der Waals surface area contributed by atoms with Gasteiger partial charge >= 0.3 is 0 Å². The maximum absolute atomic E-state index is 5.69. The van der Waals surface area contributed by atoms with E-state index in [0.717, 1.165) is 35.6 Å². The summed E-state index contributed by atoms with van der Waals surface area (Å²) in [5.41, 5.74) is 1.05. The number of nitrogens with zero attached hydrogens (tertiary/aromatic N) is 1. The highest BCUT2D eigenvalue weighted by molar-refractivity contribution is 5.79. The van der Waals surface area contributed by atoms with E-state index in [4.69, 9.17) is 4.74 Å². The molecule has 0 aliphatic carbocycles. The van der Waals surface area contributed by atoms with E-state index in [1.54, 1.807) is 0 Å². The average molecular weight is 218 g/mol. The van der Waals surface area contributed by atoms with E-state index in [2.05, 4.69) is 24.0 Å². The molecule has 2 aromatic rings. The summed E-state index contributed by atoms with van der Waals surface area (Å²) in [6, 6.07) is 6.00. The number of nitrogens with one attached hydrogen (secondary N) is 1. The van der Waals surface area contributed by atoms with Gasteiger partial charge in [0.2, 0.25) is 0 Å². The topological polar surface area (TPSA) is 37.9 Å². The van der Waals surface area contributed by atoms with Gasteiger partial charge in [0.1, 0.15) is 5.75 Å². The molecule has 0 radical (unpaired) electrons. The fourth-order valence-corrected chi connectivity index (χ4v) is 1.69. The van der Waals surface area contributed by atoms with Crippen molar-refractivity contribution in [2.45, 2.75) is 26.7 Å². The zero-order valence-electron chi connectivity index (χ0n) is 9.86. The molecule has 3 heteroatoms. The monoisotopic (exact) mass is 218 g/mol. The number of benzene rings is 1. The second-order valence-electron chi connectivity index (χ2n) is 4.50. The van der Waals surface area contributed by atoms with Gasteiger partial charge < -0.3 is 4.74 Å². The molecule has 16 heavy (non-hydrogen) atoms. The summed E-state index contributed by atoms with van der Waals surface area (Å²) in [5, 5.41) is 8.00. The summed E-state index contributed by atoms with van der Waals surface area (Å²) >= 11 is 0. The van der Waals surface area contributed by atoms with Crippen LogP contribution in [0.5, 0.6) is 5.75 Å². The lowest BCUT2D eigenvalue weighted by Crippen LogP contribution is -1.99. The lowest BCUT2D eigenvalue weighted by molar-refractivity contribution is 0.298. The molecule has 2 rings (SSSR count). The summed E-state index contributed by atoms with van der Waals surface area (Å²) < 4.78 is 5.69. The van der Waals surface area contributed by atoms with Crippen LogP contribution in [0.4, 0.5) is 0 Å². The Bertz CT molecular complexity index is 448. The SMILES string of the molecule is CC(C)CCCOc1ccc2[nH]ncc2c1.